The zero-order valence-corrected chi connectivity index (χ0v) is 11.0. The summed E-state index contributed by atoms with van der Waals surface area (Å²) < 4.78 is 6.62. The van der Waals surface area contributed by atoms with Crippen LogP contribution in [0.15, 0.2) is 18.2 Å². The maximum Gasteiger partial charge on any atom is 0.121 e. The van der Waals surface area contributed by atoms with E-state index < -0.39 is 6.10 Å². The summed E-state index contributed by atoms with van der Waals surface area (Å²) in [7, 11) is 0. The van der Waals surface area contributed by atoms with Gasteiger partial charge in [0.25, 0.3) is 0 Å². The topological polar surface area (TPSA) is 42.4 Å². The molecule has 3 nitrogen and oxygen atoms in total. The third-order valence-electron chi connectivity index (χ3n) is 2.36. The Morgan fingerprint density at radius 3 is 3.00 bits per heavy atom. The first-order valence-electron chi connectivity index (χ1n) is 5.89. The van der Waals surface area contributed by atoms with Crippen molar-refractivity contribution < 1.29 is 9.84 Å². The number of aryl methyl sites for hydroxylation is 1. The van der Waals surface area contributed by atoms with E-state index in [4.69, 9.17) is 9.84 Å². The quantitative estimate of drug-likeness (QED) is 0.888. The SMILES string of the molecule is CCCc1nc2ccc(OCC(C)O)cc2s1. The van der Waals surface area contributed by atoms with Crippen molar-refractivity contribution in [2.75, 3.05) is 6.61 Å². The van der Waals surface area contributed by atoms with Crippen molar-refractivity contribution in [2.45, 2.75) is 32.8 Å². The van der Waals surface area contributed by atoms with Crippen molar-refractivity contribution in [2.24, 2.45) is 0 Å². The van der Waals surface area contributed by atoms with Gasteiger partial charge in [0.15, 0.2) is 0 Å². The zero-order valence-electron chi connectivity index (χ0n) is 10.1. The van der Waals surface area contributed by atoms with Crippen molar-refractivity contribution in [3.8, 4) is 5.75 Å². The smallest absolute Gasteiger partial charge is 0.121 e. The number of thiazole rings is 1. The lowest BCUT2D eigenvalue weighted by Gasteiger charge is -2.07. The molecule has 0 saturated heterocycles. The van der Waals surface area contributed by atoms with Gasteiger partial charge in [-0.05, 0) is 38.0 Å². The van der Waals surface area contributed by atoms with Crippen molar-refractivity contribution in [1.29, 1.82) is 0 Å². The van der Waals surface area contributed by atoms with Crippen LogP contribution < -0.4 is 4.74 Å². The molecule has 0 aliphatic rings. The van der Waals surface area contributed by atoms with Crippen LogP contribution in [0.1, 0.15) is 25.3 Å². The number of nitrogens with zero attached hydrogens (tertiary/aromatic N) is 1. The van der Waals surface area contributed by atoms with E-state index in [0.717, 1.165) is 28.8 Å². The summed E-state index contributed by atoms with van der Waals surface area (Å²) in [4.78, 5) is 4.55. The molecule has 0 aliphatic carbocycles. The van der Waals surface area contributed by atoms with Crippen molar-refractivity contribution in [3.05, 3.63) is 23.2 Å². The summed E-state index contributed by atoms with van der Waals surface area (Å²) in [6.07, 6.45) is 1.71. The van der Waals surface area contributed by atoms with Crippen molar-refractivity contribution in [1.82, 2.24) is 4.98 Å². The highest BCUT2D eigenvalue weighted by Gasteiger charge is 2.05. The summed E-state index contributed by atoms with van der Waals surface area (Å²) in [5, 5.41) is 10.3. The van der Waals surface area contributed by atoms with Gasteiger partial charge in [-0.1, -0.05) is 6.92 Å². The van der Waals surface area contributed by atoms with Crippen LogP contribution in [0, 0.1) is 0 Å². The lowest BCUT2D eigenvalue weighted by molar-refractivity contribution is 0.123. The van der Waals surface area contributed by atoms with E-state index in [9.17, 15) is 0 Å². The molecule has 2 aromatic rings. The number of benzene rings is 1. The Morgan fingerprint density at radius 1 is 1.47 bits per heavy atom. The number of hydrogen-bond donors (Lipinski definition) is 1. The molecule has 1 N–H and O–H groups in total. The largest absolute Gasteiger partial charge is 0.491 e. The Morgan fingerprint density at radius 2 is 2.29 bits per heavy atom. The van der Waals surface area contributed by atoms with Gasteiger partial charge in [-0.2, -0.15) is 0 Å². The van der Waals surface area contributed by atoms with E-state index in [1.165, 1.54) is 5.01 Å². The molecule has 1 aromatic heterocycles. The van der Waals surface area contributed by atoms with Gasteiger partial charge in [0.2, 0.25) is 0 Å². The van der Waals surface area contributed by atoms with Gasteiger partial charge in [0.05, 0.1) is 21.3 Å². The van der Waals surface area contributed by atoms with E-state index in [1.54, 1.807) is 18.3 Å². The number of aliphatic hydroxyl groups excluding tert-OH is 1. The number of aromatic nitrogens is 1. The molecular weight excluding hydrogens is 234 g/mol. The number of hydrogen-bond acceptors (Lipinski definition) is 4. The molecule has 0 bridgehead atoms. The number of ether oxygens (including phenoxy) is 1. The fourth-order valence-electron chi connectivity index (χ4n) is 1.58. The lowest BCUT2D eigenvalue weighted by atomic mass is 10.3. The van der Waals surface area contributed by atoms with E-state index in [-0.39, 0.29) is 0 Å². The van der Waals surface area contributed by atoms with Crippen molar-refractivity contribution >= 4 is 21.6 Å². The summed E-state index contributed by atoms with van der Waals surface area (Å²) in [6, 6.07) is 5.87. The number of aliphatic hydroxyl groups is 1. The molecule has 17 heavy (non-hydrogen) atoms. The number of rotatable bonds is 5. The predicted molar refractivity (Wildman–Crippen MR) is 70.8 cm³/mol. The first kappa shape index (κ1) is 12.3. The van der Waals surface area contributed by atoms with Gasteiger partial charge >= 0.3 is 0 Å². The Balaban J connectivity index is 2.18. The molecule has 1 unspecified atom stereocenters. The summed E-state index contributed by atoms with van der Waals surface area (Å²) >= 11 is 1.72. The first-order valence-corrected chi connectivity index (χ1v) is 6.71. The van der Waals surface area contributed by atoms with Crippen LogP contribution in [0.25, 0.3) is 10.2 Å². The van der Waals surface area contributed by atoms with Gasteiger partial charge in [0.1, 0.15) is 12.4 Å². The molecule has 2 rings (SSSR count). The molecule has 4 heteroatoms. The van der Waals surface area contributed by atoms with Crippen LogP contribution in [-0.2, 0) is 6.42 Å². The second-order valence-corrected chi connectivity index (χ2v) is 5.26. The predicted octanol–water partition coefficient (Wildman–Crippen LogP) is 3.01. The average molecular weight is 251 g/mol. The van der Waals surface area contributed by atoms with Gasteiger partial charge in [-0.3, -0.25) is 0 Å². The molecule has 92 valence electrons. The Bertz CT molecular complexity index is 493. The molecule has 0 radical (unpaired) electrons. The monoisotopic (exact) mass is 251 g/mol. The minimum atomic E-state index is -0.442. The van der Waals surface area contributed by atoms with Crippen LogP contribution in [0.2, 0.25) is 0 Å². The third kappa shape index (κ3) is 3.17. The Hall–Kier alpha value is -1.13. The Labute approximate surface area is 105 Å². The van der Waals surface area contributed by atoms with Crippen molar-refractivity contribution in [3.63, 3.8) is 0 Å². The van der Waals surface area contributed by atoms with E-state index >= 15 is 0 Å². The maximum atomic E-state index is 9.17. The standard InChI is InChI=1S/C13H17NO2S/c1-3-4-13-14-11-6-5-10(7-12(11)17-13)16-8-9(2)15/h5-7,9,15H,3-4,8H2,1-2H3. The summed E-state index contributed by atoms with van der Waals surface area (Å²) in [6.45, 7) is 4.19. The molecular formula is C13H17NO2S. The maximum absolute atomic E-state index is 9.17. The van der Waals surface area contributed by atoms with Crippen LogP contribution >= 0.6 is 11.3 Å². The van der Waals surface area contributed by atoms with Crippen LogP contribution in [-0.4, -0.2) is 22.8 Å². The van der Waals surface area contributed by atoms with Gasteiger partial charge in [0, 0.05) is 0 Å². The van der Waals surface area contributed by atoms with Crippen LogP contribution in [0.5, 0.6) is 5.75 Å². The number of fused-ring (bicyclic) bond motifs is 1. The molecule has 1 atom stereocenters. The fraction of sp³-hybridized carbons (Fsp3) is 0.462. The van der Waals surface area contributed by atoms with Gasteiger partial charge < -0.3 is 9.84 Å². The van der Waals surface area contributed by atoms with Gasteiger partial charge in [-0.25, -0.2) is 4.98 Å². The lowest BCUT2D eigenvalue weighted by Crippen LogP contribution is -2.12. The second-order valence-electron chi connectivity index (χ2n) is 4.15. The molecule has 1 aromatic carbocycles. The van der Waals surface area contributed by atoms with E-state index in [1.807, 2.05) is 18.2 Å². The highest BCUT2D eigenvalue weighted by Crippen LogP contribution is 2.27. The second kappa shape index (κ2) is 5.47. The fourth-order valence-corrected chi connectivity index (χ4v) is 2.68. The highest BCUT2D eigenvalue weighted by atomic mass is 32.1. The minimum absolute atomic E-state index is 0.326. The molecule has 0 amide bonds. The normalized spacial score (nSPS) is 12.9. The molecule has 0 fully saturated rings. The molecule has 0 spiro atoms. The summed E-state index contributed by atoms with van der Waals surface area (Å²) in [5.74, 6) is 0.796. The minimum Gasteiger partial charge on any atom is -0.491 e. The highest BCUT2D eigenvalue weighted by molar-refractivity contribution is 7.18. The van der Waals surface area contributed by atoms with E-state index in [0.29, 0.717) is 6.61 Å². The average Bonchev–Trinajstić information content (AvgIpc) is 2.68. The van der Waals surface area contributed by atoms with Crippen LogP contribution in [0.3, 0.4) is 0 Å². The Kier molecular flexibility index (Phi) is 3.97. The summed E-state index contributed by atoms with van der Waals surface area (Å²) in [5.41, 5.74) is 1.03. The third-order valence-corrected chi connectivity index (χ3v) is 3.44. The zero-order chi connectivity index (χ0) is 12.3. The molecule has 1 heterocycles. The molecule has 0 saturated carbocycles. The van der Waals surface area contributed by atoms with E-state index in [2.05, 4.69) is 11.9 Å². The van der Waals surface area contributed by atoms with Crippen LogP contribution in [0.4, 0.5) is 0 Å². The molecule has 0 aliphatic heterocycles. The first-order chi connectivity index (χ1) is 8.19. The van der Waals surface area contributed by atoms with Gasteiger partial charge in [-0.15, -0.1) is 11.3 Å².